The third-order valence-corrected chi connectivity index (χ3v) is 1.55. The lowest BCUT2D eigenvalue weighted by atomic mass is 10.0. The molecule has 0 unspecified atom stereocenters. The van der Waals surface area contributed by atoms with Crippen molar-refractivity contribution in [3.05, 3.63) is 12.7 Å². The molecular weight excluding hydrogens is 116 g/mol. The Balaban J connectivity index is 2.57. The first-order valence-electron chi connectivity index (χ1n) is 3.06. The number of esters is 1. The predicted octanol–water partition coefficient (Wildman–Crippen LogP) is 1.12. The van der Waals surface area contributed by atoms with Crippen LogP contribution < -0.4 is 0 Å². The zero-order valence-corrected chi connectivity index (χ0v) is 5.46. The van der Waals surface area contributed by atoms with Crippen LogP contribution in [0.15, 0.2) is 12.7 Å². The van der Waals surface area contributed by atoms with E-state index >= 15 is 0 Å². The second-order valence-electron chi connectivity index (χ2n) is 2.37. The molecule has 1 saturated heterocycles. The SMILES string of the molecule is C=C[C@H]1OC(=O)C[C@@H]1C. The standard InChI is InChI=1S/C7H10O2/c1-3-6-5(2)4-7(8)9-6/h3,5-6H,1,4H2,2H3/t5-,6+/m0/s1. The van der Waals surface area contributed by atoms with E-state index in [1.807, 2.05) is 6.92 Å². The molecule has 2 atom stereocenters. The lowest BCUT2D eigenvalue weighted by Gasteiger charge is -2.05. The van der Waals surface area contributed by atoms with Crippen LogP contribution in [-0.2, 0) is 9.53 Å². The summed E-state index contributed by atoms with van der Waals surface area (Å²) in [4.78, 5) is 10.6. The Morgan fingerprint density at radius 3 is 2.78 bits per heavy atom. The minimum atomic E-state index is -0.104. The van der Waals surface area contributed by atoms with Crippen molar-refractivity contribution in [1.29, 1.82) is 0 Å². The number of hydrogen-bond donors (Lipinski definition) is 0. The molecule has 1 heterocycles. The lowest BCUT2D eigenvalue weighted by molar-refractivity contribution is -0.140. The summed E-state index contributed by atoms with van der Waals surface area (Å²) >= 11 is 0. The molecule has 0 aliphatic carbocycles. The number of carbonyl (C=O) groups is 1. The molecule has 2 nitrogen and oxygen atoms in total. The smallest absolute Gasteiger partial charge is 0.306 e. The molecule has 1 fully saturated rings. The second kappa shape index (κ2) is 2.21. The third-order valence-electron chi connectivity index (χ3n) is 1.55. The van der Waals surface area contributed by atoms with Crippen LogP contribution >= 0.6 is 0 Å². The molecule has 1 aliphatic rings. The molecule has 2 heteroatoms. The van der Waals surface area contributed by atoms with Gasteiger partial charge < -0.3 is 4.74 Å². The van der Waals surface area contributed by atoms with E-state index in [2.05, 4.69) is 6.58 Å². The molecule has 50 valence electrons. The Labute approximate surface area is 54.5 Å². The van der Waals surface area contributed by atoms with Crippen molar-refractivity contribution in [3.63, 3.8) is 0 Å². The summed E-state index contributed by atoms with van der Waals surface area (Å²) in [6.07, 6.45) is 2.17. The molecule has 0 aromatic carbocycles. The average molecular weight is 126 g/mol. The second-order valence-corrected chi connectivity index (χ2v) is 2.37. The van der Waals surface area contributed by atoms with Gasteiger partial charge in [0, 0.05) is 5.92 Å². The van der Waals surface area contributed by atoms with Gasteiger partial charge in [0.25, 0.3) is 0 Å². The van der Waals surface area contributed by atoms with E-state index in [0.717, 1.165) is 0 Å². The summed E-state index contributed by atoms with van der Waals surface area (Å²) in [7, 11) is 0. The van der Waals surface area contributed by atoms with Crippen LogP contribution in [0.1, 0.15) is 13.3 Å². The van der Waals surface area contributed by atoms with Gasteiger partial charge in [-0.3, -0.25) is 4.79 Å². The summed E-state index contributed by atoms with van der Waals surface area (Å²) in [5.41, 5.74) is 0. The summed E-state index contributed by atoms with van der Waals surface area (Å²) < 4.78 is 4.87. The van der Waals surface area contributed by atoms with Crippen molar-refractivity contribution < 1.29 is 9.53 Å². The minimum Gasteiger partial charge on any atom is -0.458 e. The predicted molar refractivity (Wildman–Crippen MR) is 33.9 cm³/mol. The number of carbonyl (C=O) groups excluding carboxylic acids is 1. The summed E-state index contributed by atoms with van der Waals surface area (Å²) in [5, 5.41) is 0. The van der Waals surface area contributed by atoms with Crippen LogP contribution in [0.25, 0.3) is 0 Å². The monoisotopic (exact) mass is 126 g/mol. The van der Waals surface area contributed by atoms with E-state index in [-0.39, 0.29) is 12.1 Å². The average Bonchev–Trinajstić information content (AvgIpc) is 2.10. The number of hydrogen-bond acceptors (Lipinski definition) is 2. The topological polar surface area (TPSA) is 26.3 Å². The highest BCUT2D eigenvalue weighted by Crippen LogP contribution is 2.21. The van der Waals surface area contributed by atoms with Crippen LogP contribution in [0, 0.1) is 5.92 Å². The molecule has 0 bridgehead atoms. The molecule has 0 aromatic rings. The largest absolute Gasteiger partial charge is 0.458 e. The first kappa shape index (κ1) is 6.33. The minimum absolute atomic E-state index is 0.0440. The summed E-state index contributed by atoms with van der Waals surface area (Å²) in [5.74, 6) is 0.211. The number of ether oxygens (including phenoxy) is 1. The van der Waals surface area contributed by atoms with Gasteiger partial charge in [0.15, 0.2) is 0 Å². The normalized spacial score (nSPS) is 34.1. The fraction of sp³-hybridized carbons (Fsp3) is 0.571. The summed E-state index contributed by atoms with van der Waals surface area (Å²) in [6, 6.07) is 0. The number of rotatable bonds is 1. The Morgan fingerprint density at radius 1 is 1.89 bits per heavy atom. The van der Waals surface area contributed by atoms with Crippen LogP contribution in [0.5, 0.6) is 0 Å². The lowest BCUT2D eigenvalue weighted by Crippen LogP contribution is -2.08. The van der Waals surface area contributed by atoms with Gasteiger partial charge in [-0.25, -0.2) is 0 Å². The van der Waals surface area contributed by atoms with E-state index in [1.165, 1.54) is 0 Å². The van der Waals surface area contributed by atoms with Crippen molar-refractivity contribution in [1.82, 2.24) is 0 Å². The van der Waals surface area contributed by atoms with E-state index < -0.39 is 0 Å². The molecule has 0 N–H and O–H groups in total. The van der Waals surface area contributed by atoms with Crippen molar-refractivity contribution in [2.75, 3.05) is 0 Å². The van der Waals surface area contributed by atoms with Crippen LogP contribution in [-0.4, -0.2) is 12.1 Å². The third kappa shape index (κ3) is 1.12. The van der Waals surface area contributed by atoms with Gasteiger partial charge in [0.1, 0.15) is 6.10 Å². The Hall–Kier alpha value is -0.790. The van der Waals surface area contributed by atoms with Gasteiger partial charge >= 0.3 is 5.97 Å². The van der Waals surface area contributed by atoms with Crippen LogP contribution in [0.2, 0.25) is 0 Å². The Bertz CT molecular complexity index is 140. The van der Waals surface area contributed by atoms with Gasteiger partial charge in [-0.1, -0.05) is 19.6 Å². The number of cyclic esters (lactones) is 1. The van der Waals surface area contributed by atoms with Gasteiger partial charge in [-0.2, -0.15) is 0 Å². The van der Waals surface area contributed by atoms with Crippen molar-refractivity contribution >= 4 is 5.97 Å². The zero-order chi connectivity index (χ0) is 6.85. The fourth-order valence-corrected chi connectivity index (χ4v) is 0.976. The van der Waals surface area contributed by atoms with E-state index in [0.29, 0.717) is 12.3 Å². The van der Waals surface area contributed by atoms with Crippen molar-refractivity contribution in [2.24, 2.45) is 5.92 Å². The molecule has 0 radical (unpaired) electrons. The molecule has 1 rings (SSSR count). The van der Waals surface area contributed by atoms with Gasteiger partial charge in [-0.05, 0) is 0 Å². The quantitative estimate of drug-likeness (QED) is 0.389. The summed E-state index contributed by atoms with van der Waals surface area (Å²) in [6.45, 7) is 5.53. The molecule has 1 aliphatic heterocycles. The zero-order valence-electron chi connectivity index (χ0n) is 5.46. The van der Waals surface area contributed by atoms with Gasteiger partial charge in [0.05, 0.1) is 6.42 Å². The van der Waals surface area contributed by atoms with Gasteiger partial charge in [0.2, 0.25) is 0 Å². The van der Waals surface area contributed by atoms with E-state index in [1.54, 1.807) is 6.08 Å². The van der Waals surface area contributed by atoms with Crippen molar-refractivity contribution in [2.45, 2.75) is 19.4 Å². The van der Waals surface area contributed by atoms with Crippen molar-refractivity contribution in [3.8, 4) is 0 Å². The maximum atomic E-state index is 10.6. The first-order valence-corrected chi connectivity index (χ1v) is 3.06. The maximum absolute atomic E-state index is 10.6. The highest BCUT2D eigenvalue weighted by molar-refractivity contribution is 5.72. The van der Waals surface area contributed by atoms with Crippen LogP contribution in [0.4, 0.5) is 0 Å². The molecule has 0 saturated carbocycles. The maximum Gasteiger partial charge on any atom is 0.306 e. The fourth-order valence-electron chi connectivity index (χ4n) is 0.976. The highest BCUT2D eigenvalue weighted by atomic mass is 16.5. The molecular formula is C7H10O2. The molecule has 0 amide bonds. The van der Waals surface area contributed by atoms with Gasteiger partial charge in [-0.15, -0.1) is 0 Å². The van der Waals surface area contributed by atoms with Crippen LogP contribution in [0.3, 0.4) is 0 Å². The Kier molecular flexibility index (Phi) is 1.56. The molecule has 9 heavy (non-hydrogen) atoms. The van der Waals surface area contributed by atoms with E-state index in [4.69, 9.17) is 4.74 Å². The highest BCUT2D eigenvalue weighted by Gasteiger charge is 2.28. The molecule has 0 spiro atoms. The first-order chi connectivity index (χ1) is 4.24. The Morgan fingerprint density at radius 2 is 2.56 bits per heavy atom. The molecule has 0 aromatic heterocycles. The van der Waals surface area contributed by atoms with E-state index in [9.17, 15) is 4.79 Å².